The average Bonchev–Trinajstić information content (AvgIpc) is 2.91. The summed E-state index contributed by atoms with van der Waals surface area (Å²) >= 11 is 6.04. The standard InChI is InChI=1S/C17H20ClN3O3/c1-10(2)8-14(17(23)20-15-9-11(3)24-21-15)19-16(22)12-6-4-5-7-13(12)18/h4-7,9-10,14H,8H2,1-3H3,(H,19,22)(H,20,21,23)/t14-/m1/s1. The number of carbonyl (C=O) groups is 2. The van der Waals surface area contributed by atoms with Gasteiger partial charge in [0.25, 0.3) is 5.91 Å². The largest absolute Gasteiger partial charge is 0.360 e. The molecule has 0 saturated heterocycles. The molecule has 6 nitrogen and oxygen atoms in total. The first-order valence-corrected chi connectivity index (χ1v) is 8.04. The molecular weight excluding hydrogens is 330 g/mol. The van der Waals surface area contributed by atoms with E-state index in [0.717, 1.165) is 0 Å². The van der Waals surface area contributed by atoms with Crippen molar-refractivity contribution in [3.05, 3.63) is 46.7 Å². The van der Waals surface area contributed by atoms with Gasteiger partial charge in [0, 0.05) is 6.07 Å². The summed E-state index contributed by atoms with van der Waals surface area (Å²) < 4.78 is 4.92. The first-order valence-electron chi connectivity index (χ1n) is 7.66. The van der Waals surface area contributed by atoms with Crippen LogP contribution in [0.5, 0.6) is 0 Å². The van der Waals surface area contributed by atoms with Gasteiger partial charge >= 0.3 is 0 Å². The molecule has 1 aromatic heterocycles. The summed E-state index contributed by atoms with van der Waals surface area (Å²) in [4.78, 5) is 24.9. The van der Waals surface area contributed by atoms with Gasteiger partial charge in [0.2, 0.25) is 5.91 Å². The molecule has 1 aromatic carbocycles. The van der Waals surface area contributed by atoms with Crippen LogP contribution >= 0.6 is 11.6 Å². The Hall–Kier alpha value is -2.34. The van der Waals surface area contributed by atoms with Gasteiger partial charge in [-0.3, -0.25) is 9.59 Å². The van der Waals surface area contributed by atoms with Crippen LogP contribution in [0.1, 0.15) is 36.4 Å². The SMILES string of the molecule is Cc1cc(NC(=O)[C@@H](CC(C)C)NC(=O)c2ccccc2Cl)no1. The van der Waals surface area contributed by atoms with Crippen molar-refractivity contribution < 1.29 is 14.1 Å². The molecule has 0 bridgehead atoms. The fourth-order valence-electron chi connectivity index (χ4n) is 2.22. The first-order chi connectivity index (χ1) is 11.4. The molecule has 0 fully saturated rings. The van der Waals surface area contributed by atoms with Crippen molar-refractivity contribution in [2.24, 2.45) is 5.92 Å². The zero-order chi connectivity index (χ0) is 17.7. The van der Waals surface area contributed by atoms with E-state index in [-0.39, 0.29) is 11.8 Å². The highest BCUT2D eigenvalue weighted by molar-refractivity contribution is 6.33. The second-order valence-electron chi connectivity index (χ2n) is 5.95. The van der Waals surface area contributed by atoms with Crippen LogP contribution in [0.2, 0.25) is 5.02 Å². The quantitative estimate of drug-likeness (QED) is 0.836. The van der Waals surface area contributed by atoms with Crippen LogP contribution in [0.4, 0.5) is 5.82 Å². The molecular formula is C17H20ClN3O3. The predicted octanol–water partition coefficient (Wildman–Crippen LogP) is 3.42. The Bertz CT molecular complexity index is 727. The lowest BCUT2D eigenvalue weighted by molar-refractivity contribution is -0.118. The zero-order valence-electron chi connectivity index (χ0n) is 13.8. The summed E-state index contributed by atoms with van der Waals surface area (Å²) in [6, 6.07) is 7.61. The number of hydrogen-bond acceptors (Lipinski definition) is 4. The number of nitrogens with one attached hydrogen (secondary N) is 2. The molecule has 2 amide bonds. The molecule has 0 aliphatic heterocycles. The van der Waals surface area contributed by atoms with Crippen molar-refractivity contribution in [3.63, 3.8) is 0 Å². The van der Waals surface area contributed by atoms with Crippen molar-refractivity contribution >= 4 is 29.2 Å². The van der Waals surface area contributed by atoms with Gasteiger partial charge in [0.15, 0.2) is 5.82 Å². The second kappa shape index (κ2) is 7.97. The summed E-state index contributed by atoms with van der Waals surface area (Å²) in [6.45, 7) is 5.68. The Morgan fingerprint density at radius 3 is 2.58 bits per heavy atom. The number of rotatable bonds is 6. The molecule has 2 N–H and O–H groups in total. The molecule has 2 rings (SSSR count). The number of anilines is 1. The number of halogens is 1. The molecule has 0 saturated carbocycles. The van der Waals surface area contributed by atoms with Gasteiger partial charge in [-0.2, -0.15) is 0 Å². The van der Waals surface area contributed by atoms with Crippen LogP contribution < -0.4 is 10.6 Å². The van der Waals surface area contributed by atoms with Crippen LogP contribution in [-0.2, 0) is 4.79 Å². The molecule has 0 unspecified atom stereocenters. The number of nitrogens with zero attached hydrogens (tertiary/aromatic N) is 1. The fourth-order valence-corrected chi connectivity index (χ4v) is 2.44. The second-order valence-corrected chi connectivity index (χ2v) is 6.35. The Morgan fingerprint density at radius 1 is 1.29 bits per heavy atom. The summed E-state index contributed by atoms with van der Waals surface area (Å²) in [5.74, 6) is 0.380. The van der Waals surface area contributed by atoms with Crippen molar-refractivity contribution in [2.45, 2.75) is 33.2 Å². The number of hydrogen-bond donors (Lipinski definition) is 2. The lowest BCUT2D eigenvalue weighted by Crippen LogP contribution is -2.44. The molecule has 0 aliphatic rings. The van der Waals surface area contributed by atoms with Crippen molar-refractivity contribution in [2.75, 3.05) is 5.32 Å². The highest BCUT2D eigenvalue weighted by atomic mass is 35.5. The lowest BCUT2D eigenvalue weighted by Gasteiger charge is -2.19. The van der Waals surface area contributed by atoms with E-state index in [0.29, 0.717) is 28.6 Å². The third kappa shape index (κ3) is 4.83. The van der Waals surface area contributed by atoms with Gasteiger partial charge in [-0.15, -0.1) is 0 Å². The number of carbonyl (C=O) groups excluding carboxylic acids is 2. The molecule has 0 spiro atoms. The van der Waals surface area contributed by atoms with Crippen LogP contribution in [0.25, 0.3) is 0 Å². The van der Waals surface area contributed by atoms with Gasteiger partial charge < -0.3 is 15.2 Å². The number of aromatic nitrogens is 1. The molecule has 7 heteroatoms. The van der Waals surface area contributed by atoms with Gasteiger partial charge in [-0.1, -0.05) is 42.7 Å². The van der Waals surface area contributed by atoms with Gasteiger partial charge in [-0.05, 0) is 31.4 Å². The van der Waals surface area contributed by atoms with E-state index in [1.54, 1.807) is 37.3 Å². The maximum absolute atomic E-state index is 12.5. The Morgan fingerprint density at radius 2 is 2.00 bits per heavy atom. The molecule has 0 aliphatic carbocycles. The smallest absolute Gasteiger partial charge is 0.253 e. The van der Waals surface area contributed by atoms with Crippen LogP contribution in [0.15, 0.2) is 34.9 Å². The first kappa shape index (κ1) is 18.0. The van der Waals surface area contributed by atoms with Crippen molar-refractivity contribution in [1.82, 2.24) is 10.5 Å². The minimum atomic E-state index is -0.703. The molecule has 1 heterocycles. The van der Waals surface area contributed by atoms with E-state index in [1.807, 2.05) is 13.8 Å². The summed E-state index contributed by atoms with van der Waals surface area (Å²) in [7, 11) is 0. The molecule has 128 valence electrons. The van der Waals surface area contributed by atoms with Crippen LogP contribution in [-0.4, -0.2) is 23.0 Å². The zero-order valence-corrected chi connectivity index (χ0v) is 14.6. The molecule has 1 atom stereocenters. The van der Waals surface area contributed by atoms with Gasteiger partial charge in [-0.25, -0.2) is 0 Å². The van der Waals surface area contributed by atoms with Crippen molar-refractivity contribution in [3.8, 4) is 0 Å². The Balaban J connectivity index is 2.11. The number of benzene rings is 1. The van der Waals surface area contributed by atoms with Crippen LogP contribution in [0, 0.1) is 12.8 Å². The van der Waals surface area contributed by atoms with E-state index in [4.69, 9.17) is 16.1 Å². The summed E-state index contributed by atoms with van der Waals surface area (Å²) in [5.41, 5.74) is 0.331. The van der Waals surface area contributed by atoms with Crippen molar-refractivity contribution in [1.29, 1.82) is 0 Å². The van der Waals surface area contributed by atoms with E-state index in [1.165, 1.54) is 0 Å². The molecule has 0 radical (unpaired) electrons. The Labute approximate surface area is 145 Å². The lowest BCUT2D eigenvalue weighted by atomic mass is 10.0. The van der Waals surface area contributed by atoms with E-state index in [9.17, 15) is 9.59 Å². The van der Waals surface area contributed by atoms with Crippen LogP contribution in [0.3, 0.4) is 0 Å². The number of aryl methyl sites for hydroxylation is 1. The van der Waals surface area contributed by atoms with E-state index in [2.05, 4.69) is 15.8 Å². The predicted molar refractivity (Wildman–Crippen MR) is 92.0 cm³/mol. The van der Waals surface area contributed by atoms with Gasteiger partial charge in [0.05, 0.1) is 10.6 Å². The van der Waals surface area contributed by atoms with E-state index < -0.39 is 11.9 Å². The Kier molecular flexibility index (Phi) is 5.98. The third-order valence-corrected chi connectivity index (χ3v) is 3.66. The monoisotopic (exact) mass is 349 g/mol. The minimum Gasteiger partial charge on any atom is -0.360 e. The normalized spacial score (nSPS) is 12.0. The summed E-state index contributed by atoms with van der Waals surface area (Å²) in [5, 5.41) is 9.45. The fraction of sp³-hybridized carbons (Fsp3) is 0.353. The average molecular weight is 350 g/mol. The maximum Gasteiger partial charge on any atom is 0.253 e. The topological polar surface area (TPSA) is 84.2 Å². The number of amides is 2. The molecule has 2 aromatic rings. The maximum atomic E-state index is 12.5. The summed E-state index contributed by atoms with van der Waals surface area (Å²) in [6.07, 6.45) is 0.485. The van der Waals surface area contributed by atoms with E-state index >= 15 is 0 Å². The highest BCUT2D eigenvalue weighted by Crippen LogP contribution is 2.16. The highest BCUT2D eigenvalue weighted by Gasteiger charge is 2.24. The van der Waals surface area contributed by atoms with Gasteiger partial charge in [0.1, 0.15) is 11.8 Å². The minimum absolute atomic E-state index is 0.214. The third-order valence-electron chi connectivity index (χ3n) is 3.33. The molecule has 24 heavy (non-hydrogen) atoms.